The molecule has 194 valence electrons. The number of carbonyl (C=O) groups excluding carboxylic acids is 1. The van der Waals surface area contributed by atoms with Crippen molar-refractivity contribution in [2.75, 3.05) is 14.2 Å². The molecule has 0 spiro atoms. The van der Waals surface area contributed by atoms with Crippen LogP contribution in [0.3, 0.4) is 0 Å². The number of hydrogen-bond acceptors (Lipinski definition) is 6. The minimum absolute atomic E-state index is 0.0236. The number of rotatable bonds is 18. The topological polar surface area (TPSA) is 85.2 Å². The van der Waals surface area contributed by atoms with E-state index < -0.39 is 18.0 Å². The monoisotopic (exact) mass is 470 g/mol. The molecule has 6 heteroatoms. The second kappa shape index (κ2) is 16.6. The maximum Gasteiger partial charge on any atom is 0.306 e. The number of ether oxygens (including phenoxy) is 3. The highest BCUT2D eigenvalue weighted by atomic mass is 16.7. The molecule has 1 aliphatic carbocycles. The lowest BCUT2D eigenvalue weighted by atomic mass is 9.85. The van der Waals surface area contributed by atoms with E-state index >= 15 is 0 Å². The van der Waals surface area contributed by atoms with Gasteiger partial charge in [-0.15, -0.1) is 0 Å². The van der Waals surface area contributed by atoms with Gasteiger partial charge in [-0.2, -0.15) is 0 Å². The molecule has 0 radical (unpaired) electrons. The number of aliphatic hydroxyl groups excluding tert-OH is 2. The van der Waals surface area contributed by atoms with E-state index in [4.69, 9.17) is 14.2 Å². The predicted octanol–water partition coefficient (Wildman–Crippen LogP) is 5.54. The van der Waals surface area contributed by atoms with E-state index in [1.165, 1.54) is 25.7 Å². The van der Waals surface area contributed by atoms with Gasteiger partial charge in [0.1, 0.15) is 0 Å². The number of hydrogen-bond donors (Lipinski definition) is 2. The summed E-state index contributed by atoms with van der Waals surface area (Å²) in [6.07, 6.45) is 14.5. The standard InChI is InChI=1S/C27H50O6/c1-6-7-8-11-14-18-27(31-4,32-5)19-17-23-22(24(28)20-25(23)29)15-12-9-10-13-16-26(30)33-21(2)3/h9,12,21-25,28-29H,6-8,10-11,13-20H2,1-5H3/b12-9-/t22-,23-,24+,25-/m1/s1. The molecule has 0 saturated heterocycles. The summed E-state index contributed by atoms with van der Waals surface area (Å²) in [7, 11) is 3.40. The fraction of sp³-hybridized carbons (Fsp3) is 0.889. The van der Waals surface area contributed by atoms with E-state index in [-0.39, 0.29) is 23.9 Å². The number of methoxy groups -OCH3 is 2. The summed E-state index contributed by atoms with van der Waals surface area (Å²) < 4.78 is 16.8. The minimum atomic E-state index is -0.621. The van der Waals surface area contributed by atoms with Crippen molar-refractivity contribution >= 4 is 5.97 Å². The van der Waals surface area contributed by atoms with E-state index in [1.807, 2.05) is 13.8 Å². The molecule has 0 aromatic rings. The Hall–Kier alpha value is -0.950. The third-order valence-electron chi connectivity index (χ3n) is 6.98. The molecule has 1 saturated carbocycles. The molecule has 33 heavy (non-hydrogen) atoms. The van der Waals surface area contributed by atoms with Crippen molar-refractivity contribution in [2.45, 2.75) is 128 Å². The lowest BCUT2D eigenvalue weighted by molar-refractivity contribution is -0.218. The summed E-state index contributed by atoms with van der Waals surface area (Å²) in [5.41, 5.74) is 0. The Morgan fingerprint density at radius 1 is 0.970 bits per heavy atom. The molecule has 0 amide bonds. The summed E-state index contributed by atoms with van der Waals surface area (Å²) >= 11 is 0. The molecule has 0 bridgehead atoms. The Morgan fingerprint density at radius 3 is 2.27 bits per heavy atom. The van der Waals surface area contributed by atoms with Crippen LogP contribution in [-0.2, 0) is 19.0 Å². The quantitative estimate of drug-likeness (QED) is 0.118. The fourth-order valence-electron chi connectivity index (χ4n) is 4.96. The lowest BCUT2D eigenvalue weighted by Gasteiger charge is -2.33. The van der Waals surface area contributed by atoms with E-state index in [9.17, 15) is 15.0 Å². The molecule has 0 aromatic heterocycles. The van der Waals surface area contributed by atoms with Crippen LogP contribution < -0.4 is 0 Å². The second-order valence-corrected chi connectivity index (χ2v) is 9.86. The maximum absolute atomic E-state index is 11.6. The molecule has 1 fully saturated rings. The molecule has 0 heterocycles. The second-order valence-electron chi connectivity index (χ2n) is 9.86. The summed E-state index contributed by atoms with van der Waals surface area (Å²) in [4.78, 5) is 11.6. The lowest BCUT2D eigenvalue weighted by Crippen LogP contribution is -2.35. The van der Waals surface area contributed by atoms with Crippen LogP contribution in [0.2, 0.25) is 0 Å². The molecular formula is C27H50O6. The van der Waals surface area contributed by atoms with Gasteiger partial charge in [-0.25, -0.2) is 0 Å². The van der Waals surface area contributed by atoms with Crippen molar-refractivity contribution < 1.29 is 29.2 Å². The van der Waals surface area contributed by atoms with Gasteiger partial charge in [0.25, 0.3) is 0 Å². The van der Waals surface area contributed by atoms with Crippen molar-refractivity contribution in [1.82, 2.24) is 0 Å². The summed E-state index contributed by atoms with van der Waals surface area (Å²) in [5.74, 6) is -0.726. The predicted molar refractivity (Wildman–Crippen MR) is 132 cm³/mol. The van der Waals surface area contributed by atoms with E-state index in [0.717, 1.165) is 38.5 Å². The molecule has 2 N–H and O–H groups in total. The van der Waals surface area contributed by atoms with Crippen molar-refractivity contribution in [3.8, 4) is 0 Å². The van der Waals surface area contributed by atoms with Crippen LogP contribution in [0, 0.1) is 11.8 Å². The SMILES string of the molecule is CCCCCCCC(CC[C@@H]1[C@@H](C/C=C\CCCC(=O)OC(C)C)[C@@H](O)C[C@H]1O)(OC)OC. The smallest absolute Gasteiger partial charge is 0.306 e. The maximum atomic E-state index is 11.6. The van der Waals surface area contributed by atoms with Crippen LogP contribution in [-0.4, -0.2) is 54.5 Å². The first-order valence-electron chi connectivity index (χ1n) is 13.1. The average molecular weight is 471 g/mol. The third kappa shape index (κ3) is 11.3. The van der Waals surface area contributed by atoms with Gasteiger partial charge in [-0.3, -0.25) is 4.79 Å². The Labute approximate surface area is 202 Å². The number of aliphatic hydroxyl groups is 2. The van der Waals surface area contributed by atoms with Crippen LogP contribution in [0.4, 0.5) is 0 Å². The zero-order valence-electron chi connectivity index (χ0n) is 21.8. The molecule has 4 atom stereocenters. The van der Waals surface area contributed by atoms with Crippen LogP contribution >= 0.6 is 0 Å². The number of allylic oxidation sites excluding steroid dienone is 2. The van der Waals surface area contributed by atoms with Crippen molar-refractivity contribution in [2.24, 2.45) is 11.8 Å². The highest BCUT2D eigenvalue weighted by Crippen LogP contribution is 2.40. The first kappa shape index (κ1) is 30.1. The fourth-order valence-corrected chi connectivity index (χ4v) is 4.96. The number of carbonyl (C=O) groups is 1. The Balaban J connectivity index is 2.52. The number of unbranched alkanes of at least 4 members (excludes halogenated alkanes) is 5. The van der Waals surface area contributed by atoms with Crippen LogP contribution in [0.25, 0.3) is 0 Å². The molecule has 0 aromatic carbocycles. The Bertz CT molecular complexity index is 543. The highest BCUT2D eigenvalue weighted by Gasteiger charge is 2.42. The zero-order chi connectivity index (χ0) is 24.7. The zero-order valence-corrected chi connectivity index (χ0v) is 21.8. The minimum Gasteiger partial charge on any atom is -0.463 e. The van der Waals surface area contributed by atoms with Crippen molar-refractivity contribution in [3.63, 3.8) is 0 Å². The Kier molecular flexibility index (Phi) is 15.2. The normalized spacial score (nSPS) is 23.6. The van der Waals surface area contributed by atoms with Gasteiger partial charge in [-0.05, 0) is 64.2 Å². The molecular weight excluding hydrogens is 420 g/mol. The van der Waals surface area contributed by atoms with Gasteiger partial charge in [0.05, 0.1) is 18.3 Å². The van der Waals surface area contributed by atoms with Gasteiger partial charge < -0.3 is 24.4 Å². The highest BCUT2D eigenvalue weighted by molar-refractivity contribution is 5.69. The molecule has 1 aliphatic rings. The molecule has 0 unspecified atom stereocenters. The molecule has 0 aliphatic heterocycles. The van der Waals surface area contributed by atoms with Gasteiger partial charge in [-0.1, -0.05) is 44.8 Å². The van der Waals surface area contributed by atoms with Gasteiger partial charge in [0, 0.05) is 33.5 Å². The Morgan fingerprint density at radius 2 is 1.64 bits per heavy atom. The van der Waals surface area contributed by atoms with Crippen LogP contribution in [0.15, 0.2) is 12.2 Å². The summed E-state index contributed by atoms with van der Waals surface area (Å²) in [5, 5.41) is 21.1. The van der Waals surface area contributed by atoms with Crippen molar-refractivity contribution in [3.05, 3.63) is 12.2 Å². The van der Waals surface area contributed by atoms with Gasteiger partial charge in [0.15, 0.2) is 5.79 Å². The van der Waals surface area contributed by atoms with E-state index in [0.29, 0.717) is 19.3 Å². The largest absolute Gasteiger partial charge is 0.463 e. The van der Waals surface area contributed by atoms with Gasteiger partial charge >= 0.3 is 5.97 Å². The number of esters is 1. The van der Waals surface area contributed by atoms with E-state index in [1.54, 1.807) is 14.2 Å². The van der Waals surface area contributed by atoms with Gasteiger partial charge in [0.2, 0.25) is 0 Å². The van der Waals surface area contributed by atoms with Crippen LogP contribution in [0.1, 0.15) is 104 Å². The first-order valence-corrected chi connectivity index (χ1v) is 13.1. The molecule has 1 rings (SSSR count). The van der Waals surface area contributed by atoms with Crippen molar-refractivity contribution in [1.29, 1.82) is 0 Å². The molecule has 6 nitrogen and oxygen atoms in total. The summed E-state index contributed by atoms with van der Waals surface area (Å²) in [6.45, 7) is 5.92. The van der Waals surface area contributed by atoms with Crippen LogP contribution in [0.5, 0.6) is 0 Å². The summed E-state index contributed by atoms with van der Waals surface area (Å²) in [6, 6.07) is 0. The average Bonchev–Trinajstić information content (AvgIpc) is 3.04. The first-order chi connectivity index (χ1) is 15.8. The van der Waals surface area contributed by atoms with E-state index in [2.05, 4.69) is 19.1 Å². The third-order valence-corrected chi connectivity index (χ3v) is 6.98.